The van der Waals surface area contributed by atoms with Crippen molar-refractivity contribution in [2.75, 3.05) is 37.8 Å². The van der Waals surface area contributed by atoms with Crippen molar-refractivity contribution in [2.24, 2.45) is 0 Å². The SMILES string of the molecule is CCCCCCCCCCCCOc1ccc(N2CCO[P](O)(c3ccccc3)OCC2)cc1. The summed E-state index contributed by atoms with van der Waals surface area (Å²) in [5.74, 6) is 0.920. The van der Waals surface area contributed by atoms with Gasteiger partial charge in [0.25, 0.3) is 7.94 Å². The summed E-state index contributed by atoms with van der Waals surface area (Å²) < 4.78 is 17.6. The number of anilines is 1. The molecule has 0 amide bonds. The van der Waals surface area contributed by atoms with Crippen molar-refractivity contribution in [1.82, 2.24) is 0 Å². The molecule has 1 heterocycles. The van der Waals surface area contributed by atoms with Crippen molar-refractivity contribution < 1.29 is 18.7 Å². The Labute approximate surface area is 207 Å². The van der Waals surface area contributed by atoms with E-state index in [0.717, 1.165) is 29.8 Å². The second-order valence-electron chi connectivity index (χ2n) is 9.03. The number of rotatable bonds is 14. The summed E-state index contributed by atoms with van der Waals surface area (Å²) in [6, 6.07) is 17.7. The number of hydrogen-bond donors (Lipinski definition) is 1. The molecule has 1 fully saturated rings. The Morgan fingerprint density at radius 3 is 1.91 bits per heavy atom. The van der Waals surface area contributed by atoms with Crippen LogP contribution in [0.25, 0.3) is 0 Å². The summed E-state index contributed by atoms with van der Waals surface area (Å²) in [5.41, 5.74) is 1.11. The maximum atomic E-state index is 10.9. The Balaban J connectivity index is 1.31. The lowest BCUT2D eigenvalue weighted by Gasteiger charge is -2.35. The topological polar surface area (TPSA) is 51.2 Å². The van der Waals surface area contributed by atoms with Gasteiger partial charge in [-0.15, -0.1) is 0 Å². The normalized spacial score (nSPS) is 16.1. The Morgan fingerprint density at radius 2 is 1.32 bits per heavy atom. The van der Waals surface area contributed by atoms with Crippen molar-refractivity contribution >= 4 is 18.9 Å². The van der Waals surface area contributed by atoms with E-state index in [-0.39, 0.29) is 0 Å². The molecule has 34 heavy (non-hydrogen) atoms. The van der Waals surface area contributed by atoms with E-state index in [1.54, 1.807) is 0 Å². The van der Waals surface area contributed by atoms with E-state index in [1.165, 1.54) is 57.8 Å². The smallest absolute Gasteiger partial charge is 0.262 e. The van der Waals surface area contributed by atoms with Crippen LogP contribution in [0, 0.1) is 0 Å². The molecule has 2 aromatic carbocycles. The van der Waals surface area contributed by atoms with Gasteiger partial charge in [0.1, 0.15) is 5.75 Å². The quantitative estimate of drug-likeness (QED) is 0.231. The van der Waals surface area contributed by atoms with Gasteiger partial charge < -0.3 is 23.6 Å². The molecule has 1 saturated heterocycles. The monoisotopic (exact) mass is 488 g/mol. The first-order valence-corrected chi connectivity index (χ1v) is 14.7. The van der Waals surface area contributed by atoms with E-state index in [1.807, 2.05) is 42.5 Å². The maximum absolute atomic E-state index is 10.9. The van der Waals surface area contributed by atoms with Crippen molar-refractivity contribution in [1.29, 1.82) is 0 Å². The molecule has 2 aromatic rings. The molecule has 0 aromatic heterocycles. The fraction of sp³-hybridized carbons (Fsp3) is 0.571. The highest BCUT2D eigenvalue weighted by Crippen LogP contribution is 2.55. The maximum Gasteiger partial charge on any atom is 0.262 e. The molecule has 0 aliphatic carbocycles. The predicted molar refractivity (Wildman–Crippen MR) is 143 cm³/mol. The largest absolute Gasteiger partial charge is 0.494 e. The van der Waals surface area contributed by atoms with Gasteiger partial charge in [-0.05, 0) is 42.8 Å². The fourth-order valence-electron chi connectivity index (χ4n) is 4.25. The Morgan fingerprint density at radius 1 is 0.765 bits per heavy atom. The second kappa shape index (κ2) is 15.4. The summed E-state index contributed by atoms with van der Waals surface area (Å²) in [5, 5.41) is 0.729. The molecule has 5 nitrogen and oxygen atoms in total. The van der Waals surface area contributed by atoms with Crippen LogP contribution in [-0.2, 0) is 9.05 Å². The average molecular weight is 489 g/mol. The van der Waals surface area contributed by atoms with Gasteiger partial charge in [0.2, 0.25) is 0 Å². The Hall–Kier alpha value is -1.65. The van der Waals surface area contributed by atoms with E-state index in [4.69, 9.17) is 13.8 Å². The fourth-order valence-corrected chi connectivity index (χ4v) is 5.83. The first-order chi connectivity index (χ1) is 16.7. The summed E-state index contributed by atoms with van der Waals surface area (Å²) in [6.45, 7) is 5.29. The van der Waals surface area contributed by atoms with Gasteiger partial charge in [0.05, 0.1) is 19.8 Å². The zero-order valence-electron chi connectivity index (χ0n) is 20.9. The van der Waals surface area contributed by atoms with Gasteiger partial charge >= 0.3 is 0 Å². The minimum absolute atomic E-state index is 0.413. The van der Waals surface area contributed by atoms with E-state index in [2.05, 4.69) is 24.0 Å². The molecular weight excluding hydrogens is 445 g/mol. The van der Waals surface area contributed by atoms with Crippen LogP contribution >= 0.6 is 7.94 Å². The predicted octanol–water partition coefficient (Wildman–Crippen LogP) is 6.92. The molecule has 1 radical (unpaired) electrons. The zero-order valence-corrected chi connectivity index (χ0v) is 21.8. The van der Waals surface area contributed by atoms with Gasteiger partial charge in [-0.1, -0.05) is 82.9 Å². The molecule has 0 saturated carbocycles. The van der Waals surface area contributed by atoms with Crippen molar-refractivity contribution in [2.45, 2.75) is 71.1 Å². The third-order valence-corrected chi connectivity index (χ3v) is 8.32. The third-order valence-electron chi connectivity index (χ3n) is 6.31. The summed E-state index contributed by atoms with van der Waals surface area (Å²) >= 11 is 0. The molecule has 0 unspecified atom stereocenters. The first kappa shape index (κ1) is 26.9. The highest BCUT2D eigenvalue weighted by molar-refractivity contribution is 7.68. The highest BCUT2D eigenvalue weighted by atomic mass is 31.2. The minimum atomic E-state index is -2.99. The molecule has 6 heteroatoms. The van der Waals surface area contributed by atoms with Crippen LogP contribution in [0.2, 0.25) is 0 Å². The minimum Gasteiger partial charge on any atom is -0.494 e. The lowest BCUT2D eigenvalue weighted by atomic mass is 10.1. The number of hydrogen-bond acceptors (Lipinski definition) is 5. The summed E-state index contributed by atoms with van der Waals surface area (Å²) in [7, 11) is -2.99. The third kappa shape index (κ3) is 9.19. The van der Waals surface area contributed by atoms with Gasteiger partial charge in [0.15, 0.2) is 0 Å². The molecule has 0 bridgehead atoms. The van der Waals surface area contributed by atoms with E-state index < -0.39 is 7.94 Å². The van der Waals surface area contributed by atoms with Crippen molar-refractivity contribution in [3.63, 3.8) is 0 Å². The van der Waals surface area contributed by atoms with Gasteiger partial charge in [-0.3, -0.25) is 0 Å². The van der Waals surface area contributed by atoms with Crippen LogP contribution in [0.1, 0.15) is 71.1 Å². The molecule has 1 aliphatic heterocycles. The Bertz CT molecular complexity index is 777. The molecule has 3 rings (SSSR count). The van der Waals surface area contributed by atoms with Crippen LogP contribution < -0.4 is 14.9 Å². The van der Waals surface area contributed by atoms with Crippen molar-refractivity contribution in [3.8, 4) is 5.75 Å². The molecule has 1 aliphatic rings. The first-order valence-electron chi connectivity index (χ1n) is 13.2. The lowest BCUT2D eigenvalue weighted by Crippen LogP contribution is -2.35. The van der Waals surface area contributed by atoms with E-state index in [9.17, 15) is 4.89 Å². The lowest BCUT2D eigenvalue weighted by molar-refractivity contribution is 0.178. The Kier molecular flexibility index (Phi) is 12.2. The van der Waals surface area contributed by atoms with E-state index in [0.29, 0.717) is 26.3 Å². The number of benzene rings is 2. The average Bonchev–Trinajstić information content (AvgIpc) is 2.86. The van der Waals surface area contributed by atoms with Crippen LogP contribution in [0.5, 0.6) is 5.75 Å². The number of ether oxygens (including phenoxy) is 1. The van der Waals surface area contributed by atoms with Gasteiger partial charge in [-0.2, -0.15) is 0 Å². The highest BCUT2D eigenvalue weighted by Gasteiger charge is 2.32. The van der Waals surface area contributed by atoms with Crippen molar-refractivity contribution in [3.05, 3.63) is 54.6 Å². The van der Waals surface area contributed by atoms with Crippen LogP contribution in [-0.4, -0.2) is 37.8 Å². The number of unbranched alkanes of at least 4 members (excludes halogenated alkanes) is 9. The second-order valence-corrected chi connectivity index (χ2v) is 11.1. The van der Waals surface area contributed by atoms with E-state index >= 15 is 0 Å². The molecule has 0 spiro atoms. The van der Waals surface area contributed by atoms with Crippen LogP contribution in [0.4, 0.5) is 5.69 Å². The molecular formula is C28H43NO4P. The van der Waals surface area contributed by atoms with Crippen LogP contribution in [0.15, 0.2) is 54.6 Å². The summed E-state index contributed by atoms with van der Waals surface area (Å²) in [4.78, 5) is 13.1. The standard InChI is InChI=1S/C28H43NO4P/c1-2-3-4-5-6-7-8-9-10-14-23-31-27-19-17-26(18-20-27)29-21-24-32-34(30,33-25-22-29)28-15-12-11-13-16-28/h11-13,15-20,30H,2-10,14,21-25H2,1H3. The zero-order chi connectivity index (χ0) is 23.9. The summed E-state index contributed by atoms with van der Waals surface area (Å²) in [6.07, 6.45) is 13.3. The van der Waals surface area contributed by atoms with Gasteiger partial charge in [-0.25, -0.2) is 0 Å². The molecule has 0 atom stereocenters. The van der Waals surface area contributed by atoms with Crippen LogP contribution in [0.3, 0.4) is 0 Å². The molecule has 1 N–H and O–H groups in total. The van der Waals surface area contributed by atoms with Gasteiger partial charge in [0, 0.05) is 24.1 Å². The molecule has 189 valence electrons. The number of nitrogens with zero attached hydrogens (tertiary/aromatic N) is 1.